The molecule has 1 amide bonds. The molecule has 0 bridgehead atoms. The smallest absolute Gasteiger partial charge is 0.410 e. The molecule has 0 radical (unpaired) electrons. The lowest BCUT2D eigenvalue weighted by Gasteiger charge is -2.27. The summed E-state index contributed by atoms with van der Waals surface area (Å²) in [6.07, 6.45) is 1.86. The summed E-state index contributed by atoms with van der Waals surface area (Å²) in [4.78, 5) is 25.1. The van der Waals surface area contributed by atoms with Crippen molar-refractivity contribution in [3.63, 3.8) is 0 Å². The first-order valence-corrected chi connectivity index (χ1v) is 6.76. The van der Waals surface area contributed by atoms with Crippen LogP contribution in [0.5, 0.6) is 0 Å². The average Bonchev–Trinajstić information content (AvgIpc) is 2.61. The maximum absolute atomic E-state index is 11.9. The third-order valence-corrected chi connectivity index (χ3v) is 3.55. The van der Waals surface area contributed by atoms with Gasteiger partial charge >= 0.3 is 6.09 Å². The fourth-order valence-corrected chi connectivity index (χ4v) is 2.54. The van der Waals surface area contributed by atoms with Crippen molar-refractivity contribution >= 4 is 22.9 Å². The number of amides is 1. The summed E-state index contributed by atoms with van der Waals surface area (Å²) in [6.45, 7) is 8.40. The molecule has 5 heteroatoms. The van der Waals surface area contributed by atoms with E-state index in [4.69, 9.17) is 16.3 Å². The molecule has 0 aromatic rings. The van der Waals surface area contributed by atoms with Gasteiger partial charge < -0.3 is 9.64 Å². The van der Waals surface area contributed by atoms with Crippen LogP contribution in [-0.4, -0.2) is 34.9 Å². The molecule has 0 unspecified atom stereocenters. The second kappa shape index (κ2) is 5.47. The van der Waals surface area contributed by atoms with Crippen LogP contribution in [0.1, 0.15) is 47.0 Å². The molecule has 0 aromatic heterocycles. The standard InChI is InChI=1S/C13H22ClNO3/c1-5-6-13(10(14)16)7-8-15(9-13)11(17)18-12(2,3)4/h5-9H2,1-4H3/t13-/m0/s1. The highest BCUT2D eigenvalue weighted by Gasteiger charge is 2.45. The Morgan fingerprint density at radius 1 is 1.39 bits per heavy atom. The van der Waals surface area contributed by atoms with E-state index < -0.39 is 11.0 Å². The topological polar surface area (TPSA) is 46.6 Å². The summed E-state index contributed by atoms with van der Waals surface area (Å²) >= 11 is 5.71. The molecule has 0 N–H and O–H groups in total. The fourth-order valence-electron chi connectivity index (χ4n) is 2.30. The van der Waals surface area contributed by atoms with E-state index in [9.17, 15) is 9.59 Å². The number of ether oxygens (including phenoxy) is 1. The maximum atomic E-state index is 11.9. The van der Waals surface area contributed by atoms with Crippen LogP contribution < -0.4 is 0 Å². The SMILES string of the molecule is CCC[C@]1(C(=O)Cl)CCN(C(=O)OC(C)(C)C)C1. The Morgan fingerprint density at radius 3 is 2.44 bits per heavy atom. The van der Waals surface area contributed by atoms with Crippen LogP contribution in [0, 0.1) is 5.41 Å². The number of hydrogen-bond donors (Lipinski definition) is 0. The molecule has 1 atom stereocenters. The van der Waals surface area contributed by atoms with Gasteiger partial charge in [0.25, 0.3) is 0 Å². The van der Waals surface area contributed by atoms with Gasteiger partial charge in [-0.2, -0.15) is 0 Å². The zero-order valence-corrected chi connectivity index (χ0v) is 12.3. The molecule has 1 aliphatic heterocycles. The Labute approximate surface area is 114 Å². The lowest BCUT2D eigenvalue weighted by Crippen LogP contribution is -2.38. The van der Waals surface area contributed by atoms with Crippen LogP contribution in [0.4, 0.5) is 4.79 Å². The van der Waals surface area contributed by atoms with E-state index in [0.717, 1.165) is 6.42 Å². The first kappa shape index (κ1) is 15.3. The summed E-state index contributed by atoms with van der Waals surface area (Å²) in [5, 5.41) is -0.338. The highest BCUT2D eigenvalue weighted by molar-refractivity contribution is 6.64. The van der Waals surface area contributed by atoms with Crippen molar-refractivity contribution in [3.05, 3.63) is 0 Å². The third kappa shape index (κ3) is 3.61. The summed E-state index contributed by atoms with van der Waals surface area (Å²) < 4.78 is 5.31. The molecular formula is C13H22ClNO3. The number of rotatable bonds is 3. The molecule has 0 aliphatic carbocycles. The second-order valence-corrected chi connectivity index (χ2v) is 6.30. The van der Waals surface area contributed by atoms with Gasteiger partial charge in [-0.25, -0.2) is 4.79 Å². The number of likely N-dealkylation sites (tertiary alicyclic amines) is 1. The molecule has 1 rings (SSSR count). The van der Waals surface area contributed by atoms with Crippen molar-refractivity contribution in [2.24, 2.45) is 5.41 Å². The highest BCUT2D eigenvalue weighted by atomic mass is 35.5. The number of halogens is 1. The van der Waals surface area contributed by atoms with Crippen LogP contribution in [0.15, 0.2) is 0 Å². The number of carbonyl (C=O) groups is 2. The second-order valence-electron chi connectivity index (χ2n) is 5.96. The van der Waals surface area contributed by atoms with Gasteiger partial charge in [0.15, 0.2) is 0 Å². The normalized spacial score (nSPS) is 24.2. The van der Waals surface area contributed by atoms with E-state index in [0.29, 0.717) is 25.9 Å². The molecule has 0 aromatic carbocycles. The Morgan fingerprint density at radius 2 is 2.00 bits per heavy atom. The lowest BCUT2D eigenvalue weighted by molar-refractivity contribution is -0.120. The van der Waals surface area contributed by atoms with Crippen LogP contribution in [0.3, 0.4) is 0 Å². The Hall–Kier alpha value is -0.770. The summed E-state index contributed by atoms with van der Waals surface area (Å²) in [7, 11) is 0. The van der Waals surface area contributed by atoms with Gasteiger partial charge in [-0.05, 0) is 45.2 Å². The van der Waals surface area contributed by atoms with E-state index in [1.54, 1.807) is 4.90 Å². The Balaban J connectivity index is 2.69. The zero-order chi connectivity index (χ0) is 14.0. The summed E-state index contributed by atoms with van der Waals surface area (Å²) in [5.41, 5.74) is -1.09. The van der Waals surface area contributed by atoms with Gasteiger partial charge in [0, 0.05) is 13.1 Å². The minimum Gasteiger partial charge on any atom is -0.444 e. The molecule has 0 saturated carbocycles. The molecule has 4 nitrogen and oxygen atoms in total. The van der Waals surface area contributed by atoms with Crippen molar-refractivity contribution in [2.45, 2.75) is 52.6 Å². The monoisotopic (exact) mass is 275 g/mol. The van der Waals surface area contributed by atoms with Crippen molar-refractivity contribution in [1.29, 1.82) is 0 Å². The van der Waals surface area contributed by atoms with E-state index >= 15 is 0 Å². The molecule has 104 valence electrons. The van der Waals surface area contributed by atoms with Crippen LogP contribution in [0.2, 0.25) is 0 Å². The maximum Gasteiger partial charge on any atom is 0.410 e. The van der Waals surface area contributed by atoms with E-state index in [1.807, 2.05) is 27.7 Å². The molecule has 1 heterocycles. The number of carbonyl (C=O) groups excluding carboxylic acids is 2. The van der Waals surface area contributed by atoms with Gasteiger partial charge in [0.1, 0.15) is 5.60 Å². The van der Waals surface area contributed by atoms with Gasteiger partial charge in [0.05, 0.1) is 5.41 Å². The molecule has 1 fully saturated rings. The van der Waals surface area contributed by atoms with Crippen LogP contribution >= 0.6 is 11.6 Å². The highest BCUT2D eigenvalue weighted by Crippen LogP contribution is 2.37. The first-order valence-electron chi connectivity index (χ1n) is 6.38. The number of nitrogens with zero attached hydrogens (tertiary/aromatic N) is 1. The van der Waals surface area contributed by atoms with Gasteiger partial charge in [-0.3, -0.25) is 4.79 Å². The molecule has 1 saturated heterocycles. The minimum absolute atomic E-state index is 0.338. The van der Waals surface area contributed by atoms with Crippen molar-refractivity contribution in [3.8, 4) is 0 Å². The average molecular weight is 276 g/mol. The van der Waals surface area contributed by atoms with Gasteiger partial charge in [0.2, 0.25) is 5.24 Å². The van der Waals surface area contributed by atoms with Crippen LogP contribution in [0.25, 0.3) is 0 Å². The van der Waals surface area contributed by atoms with E-state index in [-0.39, 0.29) is 11.3 Å². The van der Waals surface area contributed by atoms with Crippen molar-refractivity contribution < 1.29 is 14.3 Å². The van der Waals surface area contributed by atoms with E-state index in [2.05, 4.69) is 0 Å². The summed E-state index contributed by atoms with van der Waals surface area (Å²) in [6, 6.07) is 0. The third-order valence-electron chi connectivity index (χ3n) is 3.15. The minimum atomic E-state index is -0.576. The van der Waals surface area contributed by atoms with Crippen molar-refractivity contribution in [1.82, 2.24) is 4.90 Å². The lowest BCUT2D eigenvalue weighted by atomic mass is 9.84. The van der Waals surface area contributed by atoms with Gasteiger partial charge in [-0.15, -0.1) is 0 Å². The van der Waals surface area contributed by atoms with Crippen molar-refractivity contribution in [2.75, 3.05) is 13.1 Å². The Bertz CT molecular complexity index is 338. The quantitative estimate of drug-likeness (QED) is 0.743. The number of hydrogen-bond acceptors (Lipinski definition) is 3. The molecule has 18 heavy (non-hydrogen) atoms. The predicted octanol–water partition coefficient (Wildman–Crippen LogP) is 3.18. The fraction of sp³-hybridized carbons (Fsp3) is 0.846. The van der Waals surface area contributed by atoms with E-state index in [1.165, 1.54) is 0 Å². The van der Waals surface area contributed by atoms with Crippen LogP contribution in [-0.2, 0) is 9.53 Å². The largest absolute Gasteiger partial charge is 0.444 e. The molecular weight excluding hydrogens is 254 g/mol. The Kier molecular flexibility index (Phi) is 4.65. The first-order chi connectivity index (χ1) is 8.20. The molecule has 1 aliphatic rings. The van der Waals surface area contributed by atoms with Gasteiger partial charge in [-0.1, -0.05) is 13.3 Å². The summed E-state index contributed by atoms with van der Waals surface area (Å²) in [5.74, 6) is 0. The molecule has 0 spiro atoms. The zero-order valence-electron chi connectivity index (χ0n) is 11.6. The predicted molar refractivity (Wildman–Crippen MR) is 70.6 cm³/mol.